The van der Waals surface area contributed by atoms with Crippen molar-refractivity contribution in [3.63, 3.8) is 0 Å². The number of hydrogen-bond acceptors (Lipinski definition) is 2. The van der Waals surface area contributed by atoms with Gasteiger partial charge in [-0.1, -0.05) is 6.92 Å². The molecule has 1 aromatic carbocycles. The predicted molar refractivity (Wildman–Crippen MR) is 70.5 cm³/mol. The normalized spacial score (nSPS) is 16.7. The molecule has 1 N–H and O–H groups in total. The molecular weight excluding hydrogens is 234 g/mol. The molecular formula is C14H22F2N2. The summed E-state index contributed by atoms with van der Waals surface area (Å²) in [6, 6.07) is 3.54. The minimum Gasteiger partial charge on any atom is -0.311 e. The third kappa shape index (κ3) is 2.87. The molecule has 18 heavy (non-hydrogen) atoms. The van der Waals surface area contributed by atoms with Gasteiger partial charge in [0.1, 0.15) is 11.6 Å². The first-order chi connectivity index (χ1) is 8.35. The third-order valence-electron chi connectivity index (χ3n) is 3.87. The summed E-state index contributed by atoms with van der Waals surface area (Å²) in [5.74, 6) is -1.08. The number of nitrogens with one attached hydrogen (secondary N) is 1. The van der Waals surface area contributed by atoms with Gasteiger partial charge in [-0.25, -0.2) is 8.78 Å². The highest BCUT2D eigenvalue weighted by molar-refractivity contribution is 5.25. The number of benzene rings is 1. The van der Waals surface area contributed by atoms with E-state index in [4.69, 9.17) is 0 Å². The molecule has 0 saturated heterocycles. The zero-order valence-electron chi connectivity index (χ0n) is 11.7. The molecule has 1 aromatic rings. The molecule has 0 heterocycles. The molecule has 1 rings (SSSR count). The topological polar surface area (TPSA) is 15.3 Å². The Balaban J connectivity index is 3.23. The zero-order valence-corrected chi connectivity index (χ0v) is 11.7. The maximum atomic E-state index is 13.3. The van der Waals surface area contributed by atoms with Crippen molar-refractivity contribution in [3.05, 3.63) is 35.4 Å². The summed E-state index contributed by atoms with van der Waals surface area (Å²) >= 11 is 0. The fraction of sp³-hybridized carbons (Fsp3) is 0.571. The Bertz CT molecular complexity index is 387. The number of halogens is 2. The molecule has 0 spiro atoms. The van der Waals surface area contributed by atoms with Gasteiger partial charge in [0.25, 0.3) is 0 Å². The van der Waals surface area contributed by atoms with E-state index in [2.05, 4.69) is 24.1 Å². The van der Waals surface area contributed by atoms with Crippen LogP contribution in [0.2, 0.25) is 0 Å². The maximum absolute atomic E-state index is 13.3. The van der Waals surface area contributed by atoms with Crippen LogP contribution in [0, 0.1) is 11.6 Å². The molecule has 0 aliphatic heterocycles. The summed E-state index contributed by atoms with van der Waals surface area (Å²) in [5, 5.41) is 3.17. The highest BCUT2D eigenvalue weighted by Gasteiger charge is 2.35. The first-order valence-electron chi connectivity index (χ1n) is 6.15. The fourth-order valence-electron chi connectivity index (χ4n) is 2.36. The van der Waals surface area contributed by atoms with Crippen LogP contribution in [0.3, 0.4) is 0 Å². The monoisotopic (exact) mass is 256 g/mol. The lowest BCUT2D eigenvalue weighted by atomic mass is 9.83. The molecule has 0 radical (unpaired) electrons. The summed E-state index contributed by atoms with van der Waals surface area (Å²) in [5.41, 5.74) is 0.419. The summed E-state index contributed by atoms with van der Waals surface area (Å²) < 4.78 is 26.7. The zero-order chi connectivity index (χ0) is 13.9. The number of rotatable bonds is 5. The van der Waals surface area contributed by atoms with E-state index in [1.54, 1.807) is 0 Å². The summed E-state index contributed by atoms with van der Waals surface area (Å²) in [6.07, 6.45) is 0.865. The number of likely N-dealkylation sites (N-methyl/N-ethyl adjacent to an activating group) is 2. The SMILES string of the molecule is CCC(C)(C(NC)c1cc(F)cc(F)c1)N(C)C. The van der Waals surface area contributed by atoms with Gasteiger partial charge in [0.15, 0.2) is 0 Å². The van der Waals surface area contributed by atoms with E-state index in [-0.39, 0.29) is 11.6 Å². The molecule has 2 atom stereocenters. The Kier molecular flexibility index (Phi) is 4.82. The predicted octanol–water partition coefficient (Wildman–Crippen LogP) is 2.96. The van der Waals surface area contributed by atoms with Gasteiger partial charge in [-0.2, -0.15) is 0 Å². The Morgan fingerprint density at radius 2 is 1.72 bits per heavy atom. The average Bonchev–Trinajstić information content (AvgIpc) is 2.28. The van der Waals surface area contributed by atoms with E-state index in [1.807, 2.05) is 21.1 Å². The molecule has 0 fully saturated rings. The fourth-order valence-corrected chi connectivity index (χ4v) is 2.36. The van der Waals surface area contributed by atoms with Crippen LogP contribution in [0.25, 0.3) is 0 Å². The Hall–Kier alpha value is -1.00. The van der Waals surface area contributed by atoms with Gasteiger partial charge >= 0.3 is 0 Å². The molecule has 0 bridgehead atoms. The minimum absolute atomic E-state index is 0.136. The van der Waals surface area contributed by atoms with Crippen LogP contribution in [0.1, 0.15) is 31.9 Å². The first-order valence-corrected chi connectivity index (χ1v) is 6.15. The summed E-state index contributed by atoms with van der Waals surface area (Å²) in [6.45, 7) is 4.15. The van der Waals surface area contributed by atoms with Crippen molar-refractivity contribution in [2.24, 2.45) is 0 Å². The maximum Gasteiger partial charge on any atom is 0.126 e. The molecule has 2 unspecified atom stereocenters. The van der Waals surface area contributed by atoms with Crippen LogP contribution in [-0.2, 0) is 0 Å². The lowest BCUT2D eigenvalue weighted by Gasteiger charge is -2.43. The van der Waals surface area contributed by atoms with Crippen LogP contribution in [0.5, 0.6) is 0 Å². The van der Waals surface area contributed by atoms with Gasteiger partial charge in [0.05, 0.1) is 6.04 Å². The van der Waals surface area contributed by atoms with Crippen LogP contribution in [0.15, 0.2) is 18.2 Å². The van der Waals surface area contributed by atoms with E-state index in [0.717, 1.165) is 12.5 Å². The largest absolute Gasteiger partial charge is 0.311 e. The molecule has 0 amide bonds. The van der Waals surface area contributed by atoms with Gasteiger partial charge in [-0.05, 0) is 52.2 Å². The Morgan fingerprint density at radius 3 is 2.06 bits per heavy atom. The van der Waals surface area contributed by atoms with Gasteiger partial charge in [-0.3, -0.25) is 0 Å². The first kappa shape index (κ1) is 15.1. The van der Waals surface area contributed by atoms with Gasteiger partial charge < -0.3 is 10.2 Å². The van der Waals surface area contributed by atoms with Gasteiger partial charge in [0.2, 0.25) is 0 Å². The van der Waals surface area contributed by atoms with Crippen LogP contribution >= 0.6 is 0 Å². The van der Waals surface area contributed by atoms with Crippen LogP contribution in [0.4, 0.5) is 8.78 Å². The summed E-state index contributed by atoms with van der Waals surface area (Å²) in [4.78, 5) is 2.08. The highest BCUT2D eigenvalue weighted by atomic mass is 19.1. The van der Waals surface area contributed by atoms with E-state index < -0.39 is 11.6 Å². The second kappa shape index (κ2) is 5.76. The molecule has 0 aromatic heterocycles. The average molecular weight is 256 g/mol. The van der Waals surface area contributed by atoms with E-state index in [1.165, 1.54) is 12.1 Å². The summed E-state index contributed by atoms with van der Waals surface area (Å²) in [7, 11) is 5.76. The quantitative estimate of drug-likeness (QED) is 0.871. The van der Waals surface area contributed by atoms with Crippen molar-refractivity contribution in [1.82, 2.24) is 10.2 Å². The Morgan fingerprint density at radius 1 is 1.22 bits per heavy atom. The minimum atomic E-state index is -0.539. The second-order valence-corrected chi connectivity index (χ2v) is 5.03. The molecule has 0 aliphatic carbocycles. The van der Waals surface area contributed by atoms with Crippen molar-refractivity contribution < 1.29 is 8.78 Å². The van der Waals surface area contributed by atoms with Crippen molar-refractivity contribution >= 4 is 0 Å². The molecule has 4 heteroatoms. The van der Waals surface area contributed by atoms with Gasteiger partial charge in [0, 0.05) is 11.6 Å². The second-order valence-electron chi connectivity index (χ2n) is 5.03. The van der Waals surface area contributed by atoms with Crippen molar-refractivity contribution in [3.8, 4) is 0 Å². The molecule has 0 saturated carbocycles. The van der Waals surface area contributed by atoms with E-state index >= 15 is 0 Å². The third-order valence-corrected chi connectivity index (χ3v) is 3.87. The van der Waals surface area contributed by atoms with Crippen LogP contribution in [-0.4, -0.2) is 31.6 Å². The smallest absolute Gasteiger partial charge is 0.126 e. The lowest BCUT2D eigenvalue weighted by molar-refractivity contribution is 0.116. The highest BCUT2D eigenvalue weighted by Crippen LogP contribution is 2.33. The number of nitrogens with zero attached hydrogens (tertiary/aromatic N) is 1. The lowest BCUT2D eigenvalue weighted by Crippen LogP contribution is -2.50. The van der Waals surface area contributed by atoms with Gasteiger partial charge in [-0.15, -0.1) is 0 Å². The van der Waals surface area contributed by atoms with Crippen molar-refractivity contribution in [2.45, 2.75) is 31.8 Å². The van der Waals surface area contributed by atoms with E-state index in [9.17, 15) is 8.78 Å². The van der Waals surface area contributed by atoms with Crippen LogP contribution < -0.4 is 5.32 Å². The Labute approximate surface area is 108 Å². The molecule has 102 valence electrons. The van der Waals surface area contributed by atoms with Crippen molar-refractivity contribution in [1.29, 1.82) is 0 Å². The molecule has 0 aliphatic rings. The molecule has 2 nitrogen and oxygen atoms in total. The van der Waals surface area contributed by atoms with Crippen molar-refractivity contribution in [2.75, 3.05) is 21.1 Å². The van der Waals surface area contributed by atoms with E-state index in [0.29, 0.717) is 5.56 Å². The number of hydrogen-bond donors (Lipinski definition) is 1. The standard InChI is InChI=1S/C14H22F2N2/c1-6-14(2,18(4)5)13(17-3)10-7-11(15)9-12(16)8-10/h7-9,13,17H,6H2,1-5H3.